The minimum absolute atomic E-state index is 0.0661. The summed E-state index contributed by atoms with van der Waals surface area (Å²) in [4.78, 5) is 2.81. The van der Waals surface area contributed by atoms with Gasteiger partial charge in [0.25, 0.3) is 0 Å². The molecule has 1 unspecified atom stereocenters. The molecule has 1 aromatic rings. The highest BCUT2D eigenvalue weighted by molar-refractivity contribution is 4.86. The van der Waals surface area contributed by atoms with Crippen LogP contribution in [0.3, 0.4) is 0 Å². The summed E-state index contributed by atoms with van der Waals surface area (Å²) in [5, 5.41) is 7.40. The van der Waals surface area contributed by atoms with E-state index in [1.807, 2.05) is 13.8 Å². The summed E-state index contributed by atoms with van der Waals surface area (Å²) in [6, 6.07) is 0. The van der Waals surface area contributed by atoms with Crippen molar-refractivity contribution in [2.45, 2.75) is 32.2 Å². The highest BCUT2D eigenvalue weighted by atomic mass is 16.7. The Hall–Kier alpha value is -0.940. The van der Waals surface area contributed by atoms with E-state index in [1.54, 1.807) is 0 Å². The molecule has 0 amide bonds. The van der Waals surface area contributed by atoms with Crippen molar-refractivity contribution in [3.8, 4) is 0 Å². The molecular weight excluding hydrogens is 170 g/mol. The molecule has 13 heavy (non-hydrogen) atoms. The lowest BCUT2D eigenvalue weighted by atomic mass is 10.2. The number of rotatable bonds is 2. The van der Waals surface area contributed by atoms with Gasteiger partial charge in [-0.05, 0) is 13.8 Å². The molecule has 0 saturated carbocycles. The fraction of sp³-hybridized carbons (Fsp3) is 0.750. The van der Waals surface area contributed by atoms with Crippen LogP contribution in [0, 0.1) is 6.33 Å². The third kappa shape index (κ3) is 2.05. The number of aromatic nitrogens is 3. The van der Waals surface area contributed by atoms with Gasteiger partial charge < -0.3 is 14.5 Å². The van der Waals surface area contributed by atoms with Crippen LogP contribution in [-0.2, 0) is 15.9 Å². The fourth-order valence-corrected chi connectivity index (χ4v) is 1.37. The average Bonchev–Trinajstić information content (AvgIpc) is 2.61. The molecule has 1 N–H and O–H groups in total. The van der Waals surface area contributed by atoms with E-state index in [-0.39, 0.29) is 6.10 Å². The molecule has 5 nitrogen and oxygen atoms in total. The zero-order valence-electron chi connectivity index (χ0n) is 7.70. The quantitative estimate of drug-likeness (QED) is 0.714. The van der Waals surface area contributed by atoms with E-state index in [0.29, 0.717) is 13.0 Å². The first-order chi connectivity index (χ1) is 6.16. The van der Waals surface area contributed by atoms with Gasteiger partial charge in [-0.25, -0.2) is 0 Å². The maximum absolute atomic E-state index is 5.60. The Morgan fingerprint density at radius 3 is 3.08 bits per heavy atom. The zero-order chi connectivity index (χ0) is 9.31. The molecule has 0 bridgehead atoms. The second kappa shape index (κ2) is 3.08. The van der Waals surface area contributed by atoms with E-state index in [4.69, 9.17) is 9.47 Å². The number of hydrogen-bond acceptors (Lipinski definition) is 4. The van der Waals surface area contributed by atoms with Gasteiger partial charge in [0.1, 0.15) is 5.82 Å². The van der Waals surface area contributed by atoms with E-state index >= 15 is 0 Å². The summed E-state index contributed by atoms with van der Waals surface area (Å²) >= 11 is 0. The minimum atomic E-state index is -0.464. The van der Waals surface area contributed by atoms with Crippen LogP contribution >= 0.6 is 0 Å². The topological polar surface area (TPSA) is 60.0 Å². The van der Waals surface area contributed by atoms with Crippen LogP contribution in [0.15, 0.2) is 0 Å². The predicted molar refractivity (Wildman–Crippen MR) is 43.8 cm³/mol. The monoisotopic (exact) mass is 182 g/mol. The van der Waals surface area contributed by atoms with Crippen molar-refractivity contribution in [2.75, 3.05) is 6.61 Å². The third-order valence-corrected chi connectivity index (χ3v) is 1.91. The van der Waals surface area contributed by atoms with Crippen molar-refractivity contribution in [1.82, 2.24) is 15.2 Å². The molecule has 2 heterocycles. The molecule has 1 aliphatic rings. The van der Waals surface area contributed by atoms with Crippen LogP contribution in [0.2, 0.25) is 0 Å². The SMILES string of the molecule is CC1(C)OCC(Cc2nn[c][nH]2)O1. The van der Waals surface area contributed by atoms with E-state index in [9.17, 15) is 0 Å². The van der Waals surface area contributed by atoms with E-state index in [0.717, 1.165) is 5.82 Å². The number of nitrogens with zero attached hydrogens (tertiary/aromatic N) is 2. The molecule has 0 spiro atoms. The Kier molecular flexibility index (Phi) is 2.05. The number of ether oxygens (including phenoxy) is 2. The lowest BCUT2D eigenvalue weighted by Crippen LogP contribution is -2.22. The Morgan fingerprint density at radius 2 is 2.54 bits per heavy atom. The highest BCUT2D eigenvalue weighted by Gasteiger charge is 2.32. The van der Waals surface area contributed by atoms with Crippen LogP contribution in [-0.4, -0.2) is 33.7 Å². The summed E-state index contributed by atoms with van der Waals surface area (Å²) in [5.41, 5.74) is 0. The third-order valence-electron chi connectivity index (χ3n) is 1.91. The molecule has 1 aromatic heterocycles. The Morgan fingerprint density at radius 1 is 1.69 bits per heavy atom. The van der Waals surface area contributed by atoms with Crippen molar-refractivity contribution >= 4 is 0 Å². The minimum Gasteiger partial charge on any atom is -0.348 e. The molecular formula is C8H12N3O2. The number of hydrogen-bond donors (Lipinski definition) is 1. The summed E-state index contributed by atoms with van der Waals surface area (Å²) in [5.74, 6) is 0.320. The Bertz CT molecular complexity index is 271. The number of H-pyrrole nitrogens is 1. The van der Waals surface area contributed by atoms with Crippen LogP contribution < -0.4 is 0 Å². The molecule has 1 atom stereocenters. The predicted octanol–water partition coefficient (Wildman–Crippen LogP) is 0.299. The molecule has 5 heteroatoms. The van der Waals surface area contributed by atoms with Gasteiger partial charge in [-0.1, -0.05) is 0 Å². The highest BCUT2D eigenvalue weighted by Crippen LogP contribution is 2.23. The lowest BCUT2D eigenvalue weighted by Gasteiger charge is -2.16. The van der Waals surface area contributed by atoms with E-state index in [1.165, 1.54) is 0 Å². The number of nitrogens with one attached hydrogen (secondary N) is 1. The molecule has 0 aromatic carbocycles. The van der Waals surface area contributed by atoms with Gasteiger partial charge in [-0.15, -0.1) is 10.2 Å². The average molecular weight is 182 g/mol. The first-order valence-corrected chi connectivity index (χ1v) is 4.25. The summed E-state index contributed by atoms with van der Waals surface area (Å²) in [6.07, 6.45) is 3.30. The van der Waals surface area contributed by atoms with Gasteiger partial charge in [0.15, 0.2) is 12.1 Å². The molecule has 1 saturated heterocycles. The van der Waals surface area contributed by atoms with Crippen molar-refractivity contribution < 1.29 is 9.47 Å². The zero-order valence-corrected chi connectivity index (χ0v) is 7.70. The van der Waals surface area contributed by atoms with Gasteiger partial charge >= 0.3 is 0 Å². The van der Waals surface area contributed by atoms with Crippen molar-refractivity contribution in [2.24, 2.45) is 0 Å². The van der Waals surface area contributed by atoms with Gasteiger partial charge in [0, 0.05) is 6.42 Å². The maximum atomic E-state index is 5.60. The Balaban J connectivity index is 1.91. The summed E-state index contributed by atoms with van der Waals surface area (Å²) in [7, 11) is 0. The molecule has 0 aliphatic carbocycles. The first kappa shape index (κ1) is 8.65. The number of aromatic amines is 1. The van der Waals surface area contributed by atoms with Gasteiger partial charge in [-0.3, -0.25) is 0 Å². The fourth-order valence-electron chi connectivity index (χ4n) is 1.37. The van der Waals surface area contributed by atoms with Crippen LogP contribution in [0.4, 0.5) is 0 Å². The van der Waals surface area contributed by atoms with Crippen LogP contribution in [0.1, 0.15) is 19.7 Å². The normalized spacial score (nSPS) is 26.5. The van der Waals surface area contributed by atoms with Crippen LogP contribution in [0.25, 0.3) is 0 Å². The first-order valence-electron chi connectivity index (χ1n) is 4.25. The summed E-state index contributed by atoms with van der Waals surface area (Å²) in [6.45, 7) is 4.41. The standard InChI is InChI=1S/C8H12N3O2/c1-8(2)12-4-6(13-8)3-7-9-5-10-11-7/h6H,3-4H2,1-2H3,(H,9,10,11). The molecule has 1 aliphatic heterocycles. The smallest absolute Gasteiger partial charge is 0.199 e. The van der Waals surface area contributed by atoms with E-state index in [2.05, 4.69) is 21.5 Å². The van der Waals surface area contributed by atoms with Crippen molar-refractivity contribution in [3.63, 3.8) is 0 Å². The van der Waals surface area contributed by atoms with Gasteiger partial charge in [0.2, 0.25) is 0 Å². The molecule has 1 radical (unpaired) electrons. The maximum Gasteiger partial charge on any atom is 0.199 e. The lowest BCUT2D eigenvalue weighted by molar-refractivity contribution is -0.138. The van der Waals surface area contributed by atoms with Crippen molar-refractivity contribution in [3.05, 3.63) is 12.2 Å². The van der Waals surface area contributed by atoms with E-state index < -0.39 is 5.79 Å². The van der Waals surface area contributed by atoms with Gasteiger partial charge in [-0.2, -0.15) is 0 Å². The second-order valence-corrected chi connectivity index (χ2v) is 3.54. The summed E-state index contributed by atoms with van der Waals surface area (Å²) < 4.78 is 11.0. The van der Waals surface area contributed by atoms with Crippen molar-refractivity contribution in [1.29, 1.82) is 0 Å². The largest absolute Gasteiger partial charge is 0.348 e. The molecule has 1 fully saturated rings. The van der Waals surface area contributed by atoms with Gasteiger partial charge in [0.05, 0.1) is 12.7 Å². The van der Waals surface area contributed by atoms with Crippen LogP contribution in [0.5, 0.6) is 0 Å². The molecule has 71 valence electrons. The Labute approximate surface area is 76.5 Å². The second-order valence-electron chi connectivity index (χ2n) is 3.54. The molecule has 2 rings (SSSR count).